The lowest BCUT2D eigenvalue weighted by molar-refractivity contribution is 0.102. The number of anilines is 1. The second kappa shape index (κ2) is 6.92. The number of pyridine rings is 2. The molecule has 1 N–H and O–H groups in total. The highest BCUT2D eigenvalue weighted by Crippen LogP contribution is 2.25. The second-order valence-corrected chi connectivity index (χ2v) is 5.89. The number of halogens is 2. The molecule has 0 spiro atoms. The number of para-hydroxylation sites is 1. The maximum Gasteiger partial charge on any atom is 0.256 e. The number of hydrogen-bond donors (Lipinski definition) is 1. The number of benzene rings is 2. The standard InChI is InChI=1S/C21H13F2N3O/c22-17-6-5-14(11-18(17)23)25-21(27)16-12-20(13-7-9-24-10-8-13)26-19-4-2-1-3-15(16)19/h1-12H,(H,25,27). The van der Waals surface area contributed by atoms with Crippen molar-refractivity contribution < 1.29 is 13.6 Å². The van der Waals surface area contributed by atoms with Crippen LogP contribution in [0, 0.1) is 11.6 Å². The van der Waals surface area contributed by atoms with E-state index in [2.05, 4.69) is 15.3 Å². The molecular formula is C21H13F2N3O. The van der Waals surface area contributed by atoms with Gasteiger partial charge in [-0.1, -0.05) is 18.2 Å². The molecule has 0 saturated heterocycles. The molecule has 2 heterocycles. The number of rotatable bonds is 3. The van der Waals surface area contributed by atoms with Crippen molar-refractivity contribution in [2.75, 3.05) is 5.32 Å². The molecule has 4 aromatic rings. The van der Waals surface area contributed by atoms with Crippen molar-refractivity contribution in [1.82, 2.24) is 9.97 Å². The Morgan fingerprint density at radius 1 is 0.889 bits per heavy atom. The van der Waals surface area contributed by atoms with E-state index in [0.29, 0.717) is 22.2 Å². The minimum atomic E-state index is -1.02. The van der Waals surface area contributed by atoms with Crippen molar-refractivity contribution in [3.63, 3.8) is 0 Å². The van der Waals surface area contributed by atoms with E-state index < -0.39 is 17.5 Å². The van der Waals surface area contributed by atoms with Gasteiger partial charge in [-0.25, -0.2) is 13.8 Å². The van der Waals surface area contributed by atoms with Gasteiger partial charge in [0.25, 0.3) is 5.91 Å². The van der Waals surface area contributed by atoms with Crippen LogP contribution in [0.5, 0.6) is 0 Å². The molecule has 4 nitrogen and oxygen atoms in total. The molecule has 2 aromatic carbocycles. The average Bonchev–Trinajstić information content (AvgIpc) is 2.70. The van der Waals surface area contributed by atoms with Crippen molar-refractivity contribution in [2.45, 2.75) is 0 Å². The largest absolute Gasteiger partial charge is 0.322 e. The molecule has 0 saturated carbocycles. The Morgan fingerprint density at radius 3 is 2.44 bits per heavy atom. The van der Waals surface area contributed by atoms with E-state index in [1.165, 1.54) is 6.07 Å². The van der Waals surface area contributed by atoms with Gasteiger partial charge in [0.1, 0.15) is 0 Å². The third-order valence-electron chi connectivity index (χ3n) is 4.11. The van der Waals surface area contributed by atoms with E-state index >= 15 is 0 Å². The summed E-state index contributed by atoms with van der Waals surface area (Å²) in [6.07, 6.45) is 3.29. The van der Waals surface area contributed by atoms with Gasteiger partial charge < -0.3 is 5.32 Å². The van der Waals surface area contributed by atoms with Crippen LogP contribution in [0.3, 0.4) is 0 Å². The van der Waals surface area contributed by atoms with Crippen molar-refractivity contribution in [3.05, 3.63) is 90.3 Å². The van der Waals surface area contributed by atoms with Crippen molar-refractivity contribution in [1.29, 1.82) is 0 Å². The Balaban J connectivity index is 1.79. The molecule has 1 amide bonds. The normalized spacial score (nSPS) is 10.7. The summed E-state index contributed by atoms with van der Waals surface area (Å²) in [6.45, 7) is 0. The zero-order valence-electron chi connectivity index (χ0n) is 14.0. The SMILES string of the molecule is O=C(Nc1ccc(F)c(F)c1)c1cc(-c2ccncc2)nc2ccccc12. The summed E-state index contributed by atoms with van der Waals surface area (Å²) in [6, 6.07) is 15.7. The molecule has 2 aromatic heterocycles. The first kappa shape index (κ1) is 16.8. The van der Waals surface area contributed by atoms with Crippen LogP contribution in [0.25, 0.3) is 22.2 Å². The van der Waals surface area contributed by atoms with Crippen LogP contribution in [-0.4, -0.2) is 15.9 Å². The maximum absolute atomic E-state index is 13.4. The molecule has 27 heavy (non-hydrogen) atoms. The van der Waals surface area contributed by atoms with E-state index in [9.17, 15) is 13.6 Å². The predicted octanol–water partition coefficient (Wildman–Crippen LogP) is 4.83. The van der Waals surface area contributed by atoms with Gasteiger partial charge in [-0.15, -0.1) is 0 Å². The van der Waals surface area contributed by atoms with Crippen LogP contribution < -0.4 is 5.32 Å². The molecular weight excluding hydrogens is 348 g/mol. The summed E-state index contributed by atoms with van der Waals surface area (Å²) < 4.78 is 26.5. The Labute approximate surface area is 153 Å². The summed E-state index contributed by atoms with van der Waals surface area (Å²) in [7, 11) is 0. The first-order chi connectivity index (χ1) is 13.1. The molecule has 0 fully saturated rings. The van der Waals surface area contributed by atoms with E-state index in [4.69, 9.17) is 0 Å². The lowest BCUT2D eigenvalue weighted by atomic mass is 10.0. The summed E-state index contributed by atoms with van der Waals surface area (Å²) in [5, 5.41) is 3.27. The highest BCUT2D eigenvalue weighted by atomic mass is 19.2. The highest BCUT2D eigenvalue weighted by molar-refractivity contribution is 6.13. The van der Waals surface area contributed by atoms with Gasteiger partial charge in [0.05, 0.1) is 16.8 Å². The molecule has 0 bridgehead atoms. The number of hydrogen-bond acceptors (Lipinski definition) is 3. The van der Waals surface area contributed by atoms with Gasteiger partial charge in [-0.3, -0.25) is 9.78 Å². The van der Waals surface area contributed by atoms with Gasteiger partial charge in [0.2, 0.25) is 0 Å². The van der Waals surface area contributed by atoms with E-state index in [-0.39, 0.29) is 5.69 Å². The summed E-state index contributed by atoms with van der Waals surface area (Å²) in [5.74, 6) is -2.43. The van der Waals surface area contributed by atoms with Crippen LogP contribution in [0.2, 0.25) is 0 Å². The molecule has 0 aliphatic heterocycles. The van der Waals surface area contributed by atoms with Gasteiger partial charge in [-0.2, -0.15) is 0 Å². The number of aromatic nitrogens is 2. The number of amides is 1. The summed E-state index contributed by atoms with van der Waals surface area (Å²) >= 11 is 0. The van der Waals surface area contributed by atoms with Gasteiger partial charge >= 0.3 is 0 Å². The second-order valence-electron chi connectivity index (χ2n) is 5.89. The Bertz CT molecular complexity index is 1150. The van der Waals surface area contributed by atoms with Gasteiger partial charge in [-0.05, 0) is 36.4 Å². The lowest BCUT2D eigenvalue weighted by Crippen LogP contribution is -2.13. The average molecular weight is 361 g/mol. The lowest BCUT2D eigenvalue weighted by Gasteiger charge is -2.11. The molecule has 6 heteroatoms. The number of carbonyl (C=O) groups is 1. The number of carbonyl (C=O) groups excluding carboxylic acids is 1. The Hall–Kier alpha value is -3.67. The summed E-state index contributed by atoms with van der Waals surface area (Å²) in [4.78, 5) is 21.4. The van der Waals surface area contributed by atoms with E-state index in [0.717, 1.165) is 17.7 Å². The third-order valence-corrected chi connectivity index (χ3v) is 4.11. The number of nitrogens with zero attached hydrogens (tertiary/aromatic N) is 2. The molecule has 132 valence electrons. The molecule has 0 atom stereocenters. The first-order valence-corrected chi connectivity index (χ1v) is 8.18. The summed E-state index contributed by atoms with van der Waals surface area (Å²) in [5.41, 5.74) is 2.65. The molecule has 0 aliphatic rings. The predicted molar refractivity (Wildman–Crippen MR) is 99.3 cm³/mol. The third kappa shape index (κ3) is 3.37. The van der Waals surface area contributed by atoms with E-state index in [1.807, 2.05) is 18.2 Å². The van der Waals surface area contributed by atoms with Crippen LogP contribution in [0.4, 0.5) is 14.5 Å². The van der Waals surface area contributed by atoms with E-state index in [1.54, 1.807) is 36.7 Å². The van der Waals surface area contributed by atoms with Gasteiger partial charge in [0.15, 0.2) is 11.6 Å². The fourth-order valence-corrected chi connectivity index (χ4v) is 2.81. The molecule has 0 radical (unpaired) electrons. The smallest absolute Gasteiger partial charge is 0.256 e. The topological polar surface area (TPSA) is 54.9 Å². The molecule has 4 rings (SSSR count). The van der Waals surface area contributed by atoms with Crippen LogP contribution in [0.15, 0.2) is 73.1 Å². The zero-order valence-corrected chi connectivity index (χ0v) is 14.0. The minimum Gasteiger partial charge on any atom is -0.322 e. The Kier molecular flexibility index (Phi) is 4.30. The zero-order chi connectivity index (χ0) is 18.8. The maximum atomic E-state index is 13.4. The number of fused-ring (bicyclic) bond motifs is 1. The quantitative estimate of drug-likeness (QED) is 0.569. The Morgan fingerprint density at radius 2 is 1.67 bits per heavy atom. The van der Waals surface area contributed by atoms with Crippen molar-refractivity contribution in [3.8, 4) is 11.3 Å². The number of nitrogens with one attached hydrogen (secondary N) is 1. The molecule has 0 aliphatic carbocycles. The van der Waals surface area contributed by atoms with Gasteiger partial charge in [0, 0.05) is 35.1 Å². The van der Waals surface area contributed by atoms with Crippen LogP contribution in [-0.2, 0) is 0 Å². The minimum absolute atomic E-state index is 0.172. The first-order valence-electron chi connectivity index (χ1n) is 8.18. The molecule has 0 unspecified atom stereocenters. The fourth-order valence-electron chi connectivity index (χ4n) is 2.81. The highest BCUT2D eigenvalue weighted by Gasteiger charge is 2.15. The van der Waals surface area contributed by atoms with Crippen LogP contribution in [0.1, 0.15) is 10.4 Å². The van der Waals surface area contributed by atoms with Crippen molar-refractivity contribution in [2.24, 2.45) is 0 Å². The monoisotopic (exact) mass is 361 g/mol. The fraction of sp³-hybridized carbons (Fsp3) is 0. The van der Waals surface area contributed by atoms with Crippen LogP contribution >= 0.6 is 0 Å². The van der Waals surface area contributed by atoms with Crippen molar-refractivity contribution >= 4 is 22.5 Å².